The van der Waals surface area contributed by atoms with Crippen molar-refractivity contribution in [2.24, 2.45) is 0 Å². The minimum atomic E-state index is 0.262. The van der Waals surface area contributed by atoms with Gasteiger partial charge in [0.05, 0.1) is 25.8 Å². The molecule has 0 spiro atoms. The molecule has 1 atom stereocenters. The van der Waals surface area contributed by atoms with Gasteiger partial charge in [-0.2, -0.15) is 9.97 Å². The van der Waals surface area contributed by atoms with Gasteiger partial charge in [-0.1, -0.05) is 24.3 Å². The van der Waals surface area contributed by atoms with Gasteiger partial charge in [-0.25, -0.2) is 5.43 Å². The molecule has 1 unspecified atom stereocenters. The molecular formula is C25H30N6O2. The maximum atomic E-state index is 5.33. The average Bonchev–Trinajstić information content (AvgIpc) is 3.17. The summed E-state index contributed by atoms with van der Waals surface area (Å²) in [6, 6.07) is 16.7. The topological polar surface area (TPSA) is 74.8 Å². The lowest BCUT2D eigenvalue weighted by molar-refractivity contribution is 0.414. The van der Waals surface area contributed by atoms with Crippen molar-refractivity contribution in [1.29, 1.82) is 0 Å². The SMILES string of the molecule is COc1ccc(CN2CCC3NN(C)c4nc(NCCc5cccc(OC)c5)nc2c43)cc1. The fraction of sp³-hybridized carbons (Fsp3) is 0.360. The molecule has 3 aromatic rings. The molecule has 2 aliphatic heterocycles. The van der Waals surface area contributed by atoms with Crippen molar-refractivity contribution in [3.63, 3.8) is 0 Å². The van der Waals surface area contributed by atoms with Crippen LogP contribution in [-0.4, -0.2) is 44.3 Å². The summed E-state index contributed by atoms with van der Waals surface area (Å²) in [5.74, 6) is 4.36. The molecule has 0 amide bonds. The van der Waals surface area contributed by atoms with E-state index >= 15 is 0 Å². The second-order valence-electron chi connectivity index (χ2n) is 8.44. The first-order valence-corrected chi connectivity index (χ1v) is 11.3. The highest BCUT2D eigenvalue weighted by Gasteiger charge is 2.37. The number of nitrogens with zero attached hydrogens (tertiary/aromatic N) is 4. The van der Waals surface area contributed by atoms with Crippen molar-refractivity contribution in [2.45, 2.75) is 25.4 Å². The molecule has 0 radical (unpaired) electrons. The highest BCUT2D eigenvalue weighted by molar-refractivity contribution is 5.68. The molecule has 2 aliphatic rings. The van der Waals surface area contributed by atoms with Crippen molar-refractivity contribution < 1.29 is 9.47 Å². The predicted octanol–water partition coefficient (Wildman–Crippen LogP) is 3.55. The smallest absolute Gasteiger partial charge is 0.226 e. The minimum absolute atomic E-state index is 0.262. The third-order valence-electron chi connectivity index (χ3n) is 6.27. The van der Waals surface area contributed by atoms with E-state index in [4.69, 9.17) is 19.4 Å². The number of ether oxygens (including phenoxy) is 2. The maximum Gasteiger partial charge on any atom is 0.226 e. The number of aromatic nitrogens is 2. The Balaban J connectivity index is 1.36. The van der Waals surface area contributed by atoms with Gasteiger partial charge in [-0.15, -0.1) is 0 Å². The Labute approximate surface area is 194 Å². The zero-order valence-corrected chi connectivity index (χ0v) is 19.3. The van der Waals surface area contributed by atoms with E-state index in [-0.39, 0.29) is 6.04 Å². The van der Waals surface area contributed by atoms with Crippen LogP contribution in [0.4, 0.5) is 17.6 Å². The van der Waals surface area contributed by atoms with Crippen LogP contribution in [0, 0.1) is 0 Å². The van der Waals surface area contributed by atoms with E-state index < -0.39 is 0 Å². The van der Waals surface area contributed by atoms with E-state index in [1.165, 1.54) is 16.7 Å². The Morgan fingerprint density at radius 2 is 1.79 bits per heavy atom. The molecule has 0 aliphatic carbocycles. The number of anilines is 3. The number of hydrogen-bond acceptors (Lipinski definition) is 8. The number of hydrazine groups is 1. The first-order valence-electron chi connectivity index (χ1n) is 11.3. The maximum absolute atomic E-state index is 5.33. The van der Waals surface area contributed by atoms with Crippen LogP contribution in [0.25, 0.3) is 0 Å². The van der Waals surface area contributed by atoms with Gasteiger partial charge >= 0.3 is 0 Å². The third kappa shape index (κ3) is 4.39. The zero-order chi connectivity index (χ0) is 22.8. The highest BCUT2D eigenvalue weighted by atomic mass is 16.5. The van der Waals surface area contributed by atoms with Crippen molar-refractivity contribution in [3.05, 3.63) is 65.2 Å². The van der Waals surface area contributed by atoms with Gasteiger partial charge in [0.15, 0.2) is 5.82 Å². The monoisotopic (exact) mass is 446 g/mol. The van der Waals surface area contributed by atoms with E-state index in [1.807, 2.05) is 36.3 Å². The summed E-state index contributed by atoms with van der Waals surface area (Å²) in [4.78, 5) is 12.1. The summed E-state index contributed by atoms with van der Waals surface area (Å²) in [6.07, 6.45) is 1.88. The molecular weight excluding hydrogens is 416 g/mol. The molecule has 0 bridgehead atoms. The first-order chi connectivity index (χ1) is 16.1. The lowest BCUT2D eigenvalue weighted by Gasteiger charge is -2.32. The average molecular weight is 447 g/mol. The fourth-order valence-corrected chi connectivity index (χ4v) is 4.54. The summed E-state index contributed by atoms with van der Waals surface area (Å²) in [5, 5.41) is 5.46. The standard InChI is InChI=1S/C25H30N6O2/c1-30-23-22-21(29-30)12-14-31(16-18-7-9-19(32-2)10-8-18)24(22)28-25(27-23)26-13-11-17-5-4-6-20(15-17)33-3/h4-10,15,21,29H,11-14,16H2,1-3H3,(H,26,27,28). The van der Waals surface area contributed by atoms with Crippen LogP contribution in [0.2, 0.25) is 0 Å². The molecule has 0 fully saturated rings. The molecule has 172 valence electrons. The van der Waals surface area contributed by atoms with Crippen molar-refractivity contribution in [1.82, 2.24) is 15.4 Å². The lowest BCUT2D eigenvalue weighted by atomic mass is 10.0. The largest absolute Gasteiger partial charge is 0.497 e. The van der Waals surface area contributed by atoms with Gasteiger partial charge in [0.1, 0.15) is 17.3 Å². The van der Waals surface area contributed by atoms with Crippen LogP contribution in [-0.2, 0) is 13.0 Å². The summed E-state index contributed by atoms with van der Waals surface area (Å²) in [5.41, 5.74) is 7.16. The number of hydrogen-bond donors (Lipinski definition) is 2. The Morgan fingerprint density at radius 1 is 1.00 bits per heavy atom. The van der Waals surface area contributed by atoms with Crippen LogP contribution < -0.4 is 30.1 Å². The van der Waals surface area contributed by atoms with Crippen LogP contribution in [0.3, 0.4) is 0 Å². The number of benzene rings is 2. The van der Waals surface area contributed by atoms with Crippen LogP contribution >= 0.6 is 0 Å². The van der Waals surface area contributed by atoms with Gasteiger partial charge in [-0.3, -0.25) is 5.01 Å². The summed E-state index contributed by atoms with van der Waals surface area (Å²) in [7, 11) is 5.40. The zero-order valence-electron chi connectivity index (χ0n) is 19.3. The van der Waals surface area contributed by atoms with Crippen molar-refractivity contribution >= 4 is 17.6 Å². The minimum Gasteiger partial charge on any atom is -0.497 e. The second-order valence-corrected chi connectivity index (χ2v) is 8.44. The van der Waals surface area contributed by atoms with E-state index in [0.29, 0.717) is 5.95 Å². The molecule has 2 N–H and O–H groups in total. The van der Waals surface area contributed by atoms with E-state index in [0.717, 1.165) is 55.6 Å². The molecule has 3 heterocycles. The summed E-state index contributed by atoms with van der Waals surface area (Å²) < 4.78 is 10.6. The van der Waals surface area contributed by atoms with Gasteiger partial charge in [0.25, 0.3) is 0 Å². The van der Waals surface area contributed by atoms with E-state index in [2.05, 4.69) is 39.9 Å². The van der Waals surface area contributed by atoms with Crippen LogP contribution in [0.15, 0.2) is 48.5 Å². The van der Waals surface area contributed by atoms with Gasteiger partial charge in [0.2, 0.25) is 5.95 Å². The quantitative estimate of drug-likeness (QED) is 0.544. The Morgan fingerprint density at radius 3 is 2.58 bits per heavy atom. The third-order valence-corrected chi connectivity index (χ3v) is 6.27. The molecule has 8 nitrogen and oxygen atoms in total. The first kappa shape index (κ1) is 21.3. The molecule has 0 saturated carbocycles. The second kappa shape index (κ2) is 9.15. The summed E-state index contributed by atoms with van der Waals surface area (Å²) >= 11 is 0. The molecule has 33 heavy (non-hydrogen) atoms. The van der Waals surface area contributed by atoms with Gasteiger partial charge in [-0.05, 0) is 48.2 Å². The Kier molecular flexibility index (Phi) is 5.92. The van der Waals surface area contributed by atoms with Gasteiger partial charge < -0.3 is 19.7 Å². The van der Waals surface area contributed by atoms with Gasteiger partial charge in [0, 0.05) is 26.7 Å². The fourth-order valence-electron chi connectivity index (χ4n) is 4.54. The molecule has 2 aromatic carbocycles. The molecule has 5 rings (SSSR count). The lowest BCUT2D eigenvalue weighted by Crippen LogP contribution is -2.36. The Hall–Kier alpha value is -3.52. The molecule has 8 heteroatoms. The molecule has 1 aromatic heterocycles. The van der Waals surface area contributed by atoms with Crippen molar-refractivity contribution in [3.8, 4) is 11.5 Å². The van der Waals surface area contributed by atoms with E-state index in [1.54, 1.807) is 14.2 Å². The highest BCUT2D eigenvalue weighted by Crippen LogP contribution is 2.43. The Bertz CT molecular complexity index is 1120. The van der Waals surface area contributed by atoms with E-state index in [9.17, 15) is 0 Å². The normalized spacial score (nSPS) is 16.5. The van der Waals surface area contributed by atoms with Crippen molar-refractivity contribution in [2.75, 3.05) is 49.6 Å². The molecule has 0 saturated heterocycles. The van der Waals surface area contributed by atoms with Crippen LogP contribution in [0.5, 0.6) is 11.5 Å². The number of methoxy groups -OCH3 is 2. The predicted molar refractivity (Wildman–Crippen MR) is 130 cm³/mol. The number of nitrogens with one attached hydrogen (secondary N) is 2. The number of rotatable bonds is 8. The summed E-state index contributed by atoms with van der Waals surface area (Å²) in [6.45, 7) is 2.47. The van der Waals surface area contributed by atoms with Crippen LogP contribution in [0.1, 0.15) is 29.2 Å².